The number of carbonyl (C=O) groups excluding carboxylic acids is 3. The Hall–Kier alpha value is -5.11. The fourth-order valence-electron chi connectivity index (χ4n) is 9.40. The van der Waals surface area contributed by atoms with Gasteiger partial charge < -0.3 is 45.1 Å². The number of ether oxygens (including phenoxy) is 3. The van der Waals surface area contributed by atoms with Crippen molar-refractivity contribution in [3.63, 3.8) is 0 Å². The van der Waals surface area contributed by atoms with Crippen LogP contribution in [0.1, 0.15) is 96.4 Å². The first-order valence-corrected chi connectivity index (χ1v) is 25.9. The predicted molar refractivity (Wildman–Crippen MR) is 266 cm³/mol. The molecule has 8 rings (SSSR count). The number of β-amino-alcohol motifs (C(OH)–C–C–N with tert-alkyl or cyclic N) is 1. The number of aliphatic hydroxyl groups excluding tert-OH is 1. The Balaban J connectivity index is 0.685. The number of aliphatic hydroxyl groups is 1. The second-order valence-corrected chi connectivity index (χ2v) is 21.8. The van der Waals surface area contributed by atoms with Crippen LogP contribution in [0.15, 0.2) is 76.0 Å². The summed E-state index contributed by atoms with van der Waals surface area (Å²) in [6.07, 6.45) is 6.33. The zero-order valence-electron chi connectivity index (χ0n) is 40.1. The first kappa shape index (κ1) is 50.3. The summed E-state index contributed by atoms with van der Waals surface area (Å²) in [5.41, 5.74) is 5.97. The van der Waals surface area contributed by atoms with Gasteiger partial charge in [-0.05, 0) is 93.3 Å². The van der Waals surface area contributed by atoms with Gasteiger partial charge in [-0.1, -0.05) is 56.8 Å². The van der Waals surface area contributed by atoms with E-state index in [0.717, 1.165) is 113 Å². The molecule has 1 aliphatic carbocycles. The number of nitrogens with zero attached hydrogens (tertiary/aromatic N) is 4. The molecule has 69 heavy (non-hydrogen) atoms. The van der Waals surface area contributed by atoms with Gasteiger partial charge in [-0.25, -0.2) is 4.98 Å². The van der Waals surface area contributed by atoms with Crippen molar-refractivity contribution in [2.45, 2.75) is 138 Å². The lowest BCUT2D eigenvalue weighted by Gasteiger charge is -2.40. The molecular formula is C51H65N7O9S2. The smallest absolute Gasteiger partial charge is 0.270 e. The molecule has 370 valence electrons. The maximum atomic E-state index is 14.1. The Kier molecular flexibility index (Phi) is 16.3. The van der Waals surface area contributed by atoms with Crippen molar-refractivity contribution < 1.29 is 38.6 Å². The first-order chi connectivity index (χ1) is 33.1. The number of non-ortho nitro benzene ring substituents is 1. The van der Waals surface area contributed by atoms with Crippen molar-refractivity contribution >= 4 is 57.9 Å². The van der Waals surface area contributed by atoms with Gasteiger partial charge in [0.2, 0.25) is 17.7 Å². The van der Waals surface area contributed by atoms with Crippen LogP contribution in [0, 0.1) is 22.5 Å². The van der Waals surface area contributed by atoms with Crippen molar-refractivity contribution in [2.24, 2.45) is 5.41 Å². The van der Waals surface area contributed by atoms with Gasteiger partial charge in [-0.15, -0.1) is 11.3 Å². The molecule has 4 aromatic rings. The van der Waals surface area contributed by atoms with E-state index in [-0.39, 0.29) is 60.4 Å². The fourth-order valence-corrected chi connectivity index (χ4v) is 11.3. The van der Waals surface area contributed by atoms with E-state index in [0.29, 0.717) is 6.61 Å². The summed E-state index contributed by atoms with van der Waals surface area (Å²) in [4.78, 5) is 62.9. The van der Waals surface area contributed by atoms with Crippen LogP contribution in [-0.2, 0) is 23.9 Å². The molecular weight excluding hydrogens is 919 g/mol. The zero-order valence-corrected chi connectivity index (χ0v) is 41.7. The van der Waals surface area contributed by atoms with Crippen molar-refractivity contribution in [2.75, 3.05) is 44.7 Å². The Bertz CT molecular complexity index is 2450. The van der Waals surface area contributed by atoms with Gasteiger partial charge in [0, 0.05) is 67.4 Å². The number of nitro benzene ring substituents is 1. The number of benzene rings is 3. The van der Waals surface area contributed by atoms with Crippen molar-refractivity contribution in [1.29, 1.82) is 0 Å². The molecule has 4 aliphatic rings. The lowest BCUT2D eigenvalue weighted by atomic mass is 9.85. The molecule has 1 aromatic heterocycles. The second-order valence-electron chi connectivity index (χ2n) is 19.8. The average molecular weight is 984 g/mol. The molecule has 0 spiro atoms. The number of fused-ring (bicyclic) bond motifs is 2. The van der Waals surface area contributed by atoms with Gasteiger partial charge >= 0.3 is 0 Å². The third kappa shape index (κ3) is 12.8. The van der Waals surface area contributed by atoms with Gasteiger partial charge in [0.25, 0.3) is 5.69 Å². The summed E-state index contributed by atoms with van der Waals surface area (Å²) in [5, 5.41) is 31.2. The third-order valence-electron chi connectivity index (χ3n) is 13.4. The molecule has 3 fully saturated rings. The van der Waals surface area contributed by atoms with Crippen LogP contribution >= 0.6 is 23.1 Å². The van der Waals surface area contributed by atoms with Gasteiger partial charge in [-0.3, -0.25) is 24.5 Å². The maximum Gasteiger partial charge on any atom is 0.270 e. The minimum absolute atomic E-state index is 0.00377. The highest BCUT2D eigenvalue weighted by atomic mass is 32.2. The summed E-state index contributed by atoms with van der Waals surface area (Å²) < 4.78 is 18.5. The number of nitrogens with one attached hydrogen (secondary N) is 3. The molecule has 3 aliphatic heterocycles. The number of hydrogen-bond donors (Lipinski definition) is 4. The van der Waals surface area contributed by atoms with Gasteiger partial charge in [-0.2, -0.15) is 0 Å². The molecule has 18 heteroatoms. The number of aryl methyl sites for hydroxylation is 1. The number of thiazole rings is 1. The number of anilines is 2. The molecule has 4 atom stereocenters. The minimum atomic E-state index is -0.926. The van der Waals surface area contributed by atoms with E-state index in [9.17, 15) is 29.6 Å². The summed E-state index contributed by atoms with van der Waals surface area (Å²) in [7, 11) is 0. The number of amides is 3. The average Bonchev–Trinajstić information content (AvgIpc) is 3.93. The molecule has 4 heterocycles. The monoisotopic (exact) mass is 983 g/mol. The number of piperidine rings is 1. The Morgan fingerprint density at radius 3 is 2.36 bits per heavy atom. The van der Waals surface area contributed by atoms with Gasteiger partial charge in [0.1, 0.15) is 30.5 Å². The third-order valence-corrected chi connectivity index (χ3v) is 15.5. The summed E-state index contributed by atoms with van der Waals surface area (Å²) in [6, 6.07) is 16.6. The second kappa shape index (κ2) is 22.3. The van der Waals surface area contributed by atoms with Gasteiger partial charge in [0.05, 0.1) is 56.7 Å². The molecule has 3 amide bonds. The largest absolute Gasteiger partial charge is 0.490 e. The predicted octanol–water partition coefficient (Wildman–Crippen LogP) is 8.18. The topological polar surface area (TPSA) is 198 Å². The maximum absolute atomic E-state index is 14.1. The van der Waals surface area contributed by atoms with Gasteiger partial charge in [0.15, 0.2) is 0 Å². The summed E-state index contributed by atoms with van der Waals surface area (Å²) in [5.74, 6) is -0.375. The SMILES string of the molecule is Cc1ncsc1-c1ccc([C@H](C)NC(=O)[C@@H]2C[C@@H](O)CN2C(=O)[C@@H](NC(=O)COCCCCCN2CCC(O[C@H]3C[C@H](Oc4ccc5c(c4)Sc4cc([N+](=O)[O-])ccc4N5)C3)CC2)C(C)(C)C)cc1. The van der Waals surface area contributed by atoms with E-state index < -0.39 is 35.4 Å². The van der Waals surface area contributed by atoms with E-state index >= 15 is 0 Å². The van der Waals surface area contributed by atoms with Crippen molar-refractivity contribution in [3.8, 4) is 16.2 Å². The van der Waals surface area contributed by atoms with E-state index in [1.54, 1.807) is 23.5 Å². The van der Waals surface area contributed by atoms with Crippen molar-refractivity contribution in [1.82, 2.24) is 25.4 Å². The molecule has 2 saturated heterocycles. The first-order valence-electron chi connectivity index (χ1n) is 24.2. The van der Waals surface area contributed by atoms with Crippen LogP contribution in [0.4, 0.5) is 17.1 Å². The molecule has 16 nitrogen and oxygen atoms in total. The van der Waals surface area contributed by atoms with Crippen LogP contribution in [0.2, 0.25) is 0 Å². The van der Waals surface area contributed by atoms with E-state index in [1.165, 1.54) is 22.7 Å². The van der Waals surface area contributed by atoms with Crippen LogP contribution < -0.4 is 20.7 Å². The molecule has 3 aromatic carbocycles. The normalized spacial score (nSPS) is 21.3. The van der Waals surface area contributed by atoms with E-state index in [1.807, 2.05) is 82.6 Å². The van der Waals surface area contributed by atoms with Crippen LogP contribution in [0.25, 0.3) is 10.4 Å². The van der Waals surface area contributed by atoms with Crippen molar-refractivity contribution in [3.05, 3.63) is 87.5 Å². The highest BCUT2D eigenvalue weighted by Crippen LogP contribution is 2.47. The number of rotatable bonds is 19. The number of hydrogen-bond acceptors (Lipinski definition) is 14. The van der Waals surface area contributed by atoms with E-state index in [4.69, 9.17) is 14.2 Å². The zero-order chi connectivity index (χ0) is 48.8. The van der Waals surface area contributed by atoms with Crippen LogP contribution in [-0.4, -0.2) is 118 Å². The highest BCUT2D eigenvalue weighted by molar-refractivity contribution is 7.99. The quantitative estimate of drug-likeness (QED) is 0.0352. The number of likely N-dealkylation sites (tertiary alicyclic amines) is 2. The highest BCUT2D eigenvalue weighted by Gasteiger charge is 2.45. The lowest BCUT2D eigenvalue weighted by molar-refractivity contribution is -0.385. The summed E-state index contributed by atoms with van der Waals surface area (Å²) in [6.45, 7) is 12.7. The number of nitro groups is 1. The number of carbonyl (C=O) groups is 3. The molecule has 0 unspecified atom stereocenters. The number of aromatic nitrogens is 1. The Labute approximate surface area is 412 Å². The molecule has 4 N–H and O–H groups in total. The molecule has 0 radical (unpaired) electrons. The summed E-state index contributed by atoms with van der Waals surface area (Å²) >= 11 is 3.08. The Morgan fingerprint density at radius 1 is 0.942 bits per heavy atom. The molecule has 0 bridgehead atoms. The van der Waals surface area contributed by atoms with Crippen LogP contribution in [0.3, 0.4) is 0 Å². The fraction of sp³-hybridized carbons (Fsp3) is 0.529. The lowest BCUT2D eigenvalue weighted by Crippen LogP contribution is -2.58. The minimum Gasteiger partial charge on any atom is -0.490 e. The number of unbranched alkanes of at least 4 members (excludes halogenated alkanes) is 2. The van der Waals surface area contributed by atoms with E-state index in [2.05, 4.69) is 25.8 Å². The molecule has 1 saturated carbocycles. The van der Waals surface area contributed by atoms with Crippen LogP contribution in [0.5, 0.6) is 5.75 Å². The standard InChI is InChI=1S/C51H65N7O9S2/c1-31(33-9-11-34(12-10-33)47-32(2)52-30-68-47)53-49(61)43-24-36(59)28-57(43)50(62)48(51(3,4)5)55-46(60)29-65-22-8-6-7-19-56-20-17-37(18-21-56)66-39-25-40(26-39)67-38-14-16-42-45(27-38)69-44-23-35(58(63)64)13-15-41(44)54-42/h9-16,23,27,30-31,36-37,39-40,43,48,54,59H,6-8,17-22,24-26,28-29H2,1-5H3,(H,53,61)(H,55,60)/t31-,36+,39-,40-,43-,48+/m0/s1. The Morgan fingerprint density at radius 2 is 1.67 bits per heavy atom.